The molecule has 0 spiro atoms. The van der Waals surface area contributed by atoms with Crippen LogP contribution in [0.1, 0.15) is 22.9 Å². The lowest BCUT2D eigenvalue weighted by atomic mass is 10.0. The number of carbonyl (C=O) groups excluding carboxylic acids is 2. The monoisotopic (exact) mass is 475 g/mol. The molecule has 0 radical (unpaired) electrons. The van der Waals surface area contributed by atoms with Crippen molar-refractivity contribution < 1.29 is 9.59 Å². The van der Waals surface area contributed by atoms with E-state index in [-0.39, 0.29) is 12.3 Å². The van der Waals surface area contributed by atoms with Crippen LogP contribution >= 0.6 is 50.6 Å². The number of hydrogen-bond donors (Lipinski definition) is 3. The second-order valence-corrected chi connectivity index (χ2v) is 9.51. The molecule has 9 heteroatoms. The number of thiophene rings is 1. The van der Waals surface area contributed by atoms with Crippen LogP contribution in [0.3, 0.4) is 0 Å². The van der Waals surface area contributed by atoms with Gasteiger partial charge in [0.15, 0.2) is 0 Å². The zero-order valence-electron chi connectivity index (χ0n) is 13.8. The topological polar surface area (TPSA) is 84.2 Å². The Morgan fingerprint density at radius 2 is 1.96 bits per heavy atom. The van der Waals surface area contributed by atoms with Gasteiger partial charge in [-0.05, 0) is 45.8 Å². The van der Waals surface area contributed by atoms with Crippen LogP contribution in [0.25, 0.3) is 0 Å². The third-order valence-electron chi connectivity index (χ3n) is 3.42. The molecule has 26 heavy (non-hydrogen) atoms. The Morgan fingerprint density at radius 1 is 1.23 bits per heavy atom. The van der Waals surface area contributed by atoms with Crippen molar-refractivity contribution in [1.82, 2.24) is 10.6 Å². The second-order valence-electron chi connectivity index (χ2n) is 5.43. The van der Waals surface area contributed by atoms with E-state index in [9.17, 15) is 9.59 Å². The van der Waals surface area contributed by atoms with Crippen LogP contribution in [0.2, 0.25) is 5.02 Å². The van der Waals surface area contributed by atoms with Gasteiger partial charge in [-0.15, -0.1) is 11.3 Å². The maximum Gasteiger partial charge on any atom is 0.312 e. The molecule has 0 unspecified atom stereocenters. The number of primary amides is 1. The summed E-state index contributed by atoms with van der Waals surface area (Å²) in [5.74, 6) is 1.59. The summed E-state index contributed by atoms with van der Waals surface area (Å²) in [6.07, 6.45) is 0.118. The molecule has 1 aromatic carbocycles. The van der Waals surface area contributed by atoms with Gasteiger partial charge in [0.2, 0.25) is 5.91 Å². The maximum atomic E-state index is 12.2. The number of halogens is 2. The molecule has 5 nitrogen and oxygen atoms in total. The Bertz CT molecular complexity index is 740. The lowest BCUT2D eigenvalue weighted by Crippen LogP contribution is -2.37. The summed E-state index contributed by atoms with van der Waals surface area (Å²) in [6.45, 7) is 0.569. The molecule has 0 fully saturated rings. The molecule has 2 rings (SSSR count). The van der Waals surface area contributed by atoms with Crippen LogP contribution in [0, 0.1) is 0 Å². The predicted molar refractivity (Wildman–Crippen MR) is 113 cm³/mol. The molecule has 1 heterocycles. The number of amides is 3. The number of nitrogens with one attached hydrogen (secondary N) is 2. The third kappa shape index (κ3) is 7.57. The Balaban J connectivity index is 1.75. The average Bonchev–Trinajstić information content (AvgIpc) is 2.99. The third-order valence-corrected chi connectivity index (χ3v) is 6.49. The van der Waals surface area contributed by atoms with Gasteiger partial charge in [0, 0.05) is 28.0 Å². The van der Waals surface area contributed by atoms with Crippen molar-refractivity contribution in [2.75, 3.05) is 12.3 Å². The standard InChI is InChI=1S/C17H19BrClN3O2S2/c18-15-6-5-13(26-15)10-25-8-7-21-16(23)9-14(22-17(20)24)11-1-3-12(19)4-2-11/h1-6,14H,7-10H2,(H,21,23)(H3,20,22,24)/t14-/m1/s1. The van der Waals surface area contributed by atoms with E-state index in [4.69, 9.17) is 17.3 Å². The zero-order valence-corrected chi connectivity index (χ0v) is 17.8. The molecule has 140 valence electrons. The quantitative estimate of drug-likeness (QED) is 0.471. The summed E-state index contributed by atoms with van der Waals surface area (Å²) in [5.41, 5.74) is 6.00. The first kappa shape index (κ1) is 21.1. The van der Waals surface area contributed by atoms with Crippen molar-refractivity contribution in [3.05, 3.63) is 55.6 Å². The predicted octanol–water partition coefficient (Wildman–Crippen LogP) is 4.31. The number of carbonyl (C=O) groups is 2. The van der Waals surface area contributed by atoms with Gasteiger partial charge in [0.25, 0.3) is 0 Å². The summed E-state index contributed by atoms with van der Waals surface area (Å²) in [5, 5.41) is 6.06. The molecule has 0 bridgehead atoms. The van der Waals surface area contributed by atoms with Crippen molar-refractivity contribution in [3.8, 4) is 0 Å². The number of nitrogens with two attached hydrogens (primary N) is 1. The highest BCUT2D eigenvalue weighted by molar-refractivity contribution is 9.11. The molecule has 0 aliphatic heterocycles. The van der Waals surface area contributed by atoms with Crippen molar-refractivity contribution >= 4 is 62.6 Å². The average molecular weight is 477 g/mol. The Kier molecular flexibility index (Phi) is 8.77. The van der Waals surface area contributed by atoms with Crippen molar-refractivity contribution in [2.45, 2.75) is 18.2 Å². The molecule has 0 aliphatic rings. The van der Waals surface area contributed by atoms with E-state index in [2.05, 4.69) is 32.6 Å². The number of thioether (sulfide) groups is 1. The van der Waals surface area contributed by atoms with Gasteiger partial charge < -0.3 is 16.4 Å². The van der Waals surface area contributed by atoms with E-state index in [1.165, 1.54) is 4.88 Å². The molecular formula is C17H19BrClN3O2S2. The van der Waals surface area contributed by atoms with Gasteiger partial charge >= 0.3 is 6.03 Å². The van der Waals surface area contributed by atoms with E-state index >= 15 is 0 Å². The minimum absolute atomic E-state index is 0.118. The fraction of sp³-hybridized carbons (Fsp3) is 0.294. The molecule has 1 atom stereocenters. The fourth-order valence-corrected chi connectivity index (χ4v) is 4.82. The zero-order chi connectivity index (χ0) is 18.9. The van der Waals surface area contributed by atoms with Crippen LogP contribution < -0.4 is 16.4 Å². The highest BCUT2D eigenvalue weighted by Gasteiger charge is 2.17. The first-order chi connectivity index (χ1) is 12.4. The molecule has 0 aliphatic carbocycles. The Morgan fingerprint density at radius 3 is 2.58 bits per heavy atom. The van der Waals surface area contributed by atoms with Crippen LogP contribution in [0.4, 0.5) is 4.79 Å². The summed E-state index contributed by atoms with van der Waals surface area (Å²) >= 11 is 12.8. The van der Waals surface area contributed by atoms with E-state index in [1.807, 2.05) is 6.07 Å². The molecule has 0 saturated heterocycles. The summed E-state index contributed by atoms with van der Waals surface area (Å²) < 4.78 is 1.12. The highest BCUT2D eigenvalue weighted by atomic mass is 79.9. The lowest BCUT2D eigenvalue weighted by Gasteiger charge is -2.18. The molecule has 3 amide bonds. The smallest absolute Gasteiger partial charge is 0.312 e. The molecule has 4 N–H and O–H groups in total. The van der Waals surface area contributed by atoms with Gasteiger partial charge in [-0.25, -0.2) is 4.79 Å². The van der Waals surface area contributed by atoms with Crippen molar-refractivity contribution in [3.63, 3.8) is 0 Å². The number of rotatable bonds is 9. The minimum atomic E-state index is -0.671. The molecule has 0 saturated carbocycles. The maximum absolute atomic E-state index is 12.2. The number of hydrogen-bond acceptors (Lipinski definition) is 4. The van der Waals surface area contributed by atoms with E-state index < -0.39 is 12.1 Å². The van der Waals surface area contributed by atoms with Crippen LogP contribution in [0.5, 0.6) is 0 Å². The van der Waals surface area contributed by atoms with E-state index in [0.29, 0.717) is 11.6 Å². The SMILES string of the molecule is NC(=O)N[C@H](CC(=O)NCCSCc1ccc(Br)s1)c1ccc(Cl)cc1. The Labute approximate surface area is 174 Å². The van der Waals surface area contributed by atoms with Gasteiger partial charge in [-0.1, -0.05) is 23.7 Å². The number of urea groups is 1. The highest BCUT2D eigenvalue weighted by Crippen LogP contribution is 2.25. The van der Waals surface area contributed by atoms with E-state index in [1.54, 1.807) is 47.4 Å². The van der Waals surface area contributed by atoms with Gasteiger partial charge in [-0.2, -0.15) is 11.8 Å². The number of benzene rings is 1. The largest absolute Gasteiger partial charge is 0.355 e. The molecular weight excluding hydrogens is 458 g/mol. The van der Waals surface area contributed by atoms with Crippen LogP contribution in [-0.4, -0.2) is 24.2 Å². The lowest BCUT2D eigenvalue weighted by molar-refractivity contribution is -0.121. The minimum Gasteiger partial charge on any atom is -0.355 e. The second kappa shape index (κ2) is 10.8. The van der Waals surface area contributed by atoms with Gasteiger partial charge in [0.1, 0.15) is 0 Å². The van der Waals surface area contributed by atoms with Gasteiger partial charge in [0.05, 0.1) is 16.2 Å². The summed E-state index contributed by atoms with van der Waals surface area (Å²) in [6, 6.07) is 9.93. The van der Waals surface area contributed by atoms with Crippen molar-refractivity contribution in [1.29, 1.82) is 0 Å². The van der Waals surface area contributed by atoms with Crippen molar-refractivity contribution in [2.24, 2.45) is 5.73 Å². The fourth-order valence-electron chi connectivity index (χ4n) is 2.24. The normalized spacial score (nSPS) is 11.8. The molecule has 2 aromatic rings. The van der Waals surface area contributed by atoms with Gasteiger partial charge in [-0.3, -0.25) is 4.79 Å². The Hall–Kier alpha value is -1.22. The first-order valence-electron chi connectivity index (χ1n) is 7.84. The summed E-state index contributed by atoms with van der Waals surface area (Å²) in [7, 11) is 0. The molecule has 1 aromatic heterocycles. The van der Waals surface area contributed by atoms with Crippen LogP contribution in [-0.2, 0) is 10.5 Å². The van der Waals surface area contributed by atoms with E-state index in [0.717, 1.165) is 20.9 Å². The van der Waals surface area contributed by atoms with Crippen LogP contribution in [0.15, 0.2) is 40.2 Å². The summed E-state index contributed by atoms with van der Waals surface area (Å²) in [4.78, 5) is 24.7. The first-order valence-corrected chi connectivity index (χ1v) is 11.0.